The third-order valence-electron chi connectivity index (χ3n) is 6.83. The number of hydrogen-bond acceptors (Lipinski definition) is 6. The first-order chi connectivity index (χ1) is 15.5. The Morgan fingerprint density at radius 3 is 2.75 bits per heavy atom. The number of aryl methyl sites for hydroxylation is 2. The summed E-state index contributed by atoms with van der Waals surface area (Å²) in [5.74, 6) is 2.15. The Morgan fingerprint density at radius 2 is 1.91 bits per heavy atom. The van der Waals surface area contributed by atoms with E-state index in [4.69, 9.17) is 9.97 Å². The fourth-order valence-corrected chi connectivity index (χ4v) is 4.75. The third-order valence-corrected chi connectivity index (χ3v) is 6.83. The van der Waals surface area contributed by atoms with Gasteiger partial charge in [0.2, 0.25) is 0 Å². The predicted octanol–water partition coefficient (Wildman–Crippen LogP) is 3.78. The van der Waals surface area contributed by atoms with Gasteiger partial charge in [0.1, 0.15) is 11.6 Å². The molecule has 1 saturated carbocycles. The molecular formula is C25H28N6O. The Balaban J connectivity index is 1.28. The molecule has 1 atom stereocenters. The zero-order chi connectivity index (χ0) is 21.8. The lowest BCUT2D eigenvalue weighted by Gasteiger charge is -2.18. The van der Waals surface area contributed by atoms with Gasteiger partial charge in [0.15, 0.2) is 0 Å². The zero-order valence-corrected chi connectivity index (χ0v) is 18.5. The highest BCUT2D eigenvalue weighted by molar-refractivity contribution is 5.91. The van der Waals surface area contributed by atoms with Crippen LogP contribution in [0.3, 0.4) is 0 Å². The van der Waals surface area contributed by atoms with Gasteiger partial charge in [0.05, 0.1) is 22.2 Å². The molecule has 4 heterocycles. The van der Waals surface area contributed by atoms with E-state index in [9.17, 15) is 5.11 Å². The number of pyridine rings is 2. The first-order valence-corrected chi connectivity index (χ1v) is 11.5. The SMILES string of the molecule is Cc1c(O)c(-c2ccc3nc(N4CCC(NCC5CC5)C4)ccc3n2)cc2cn(C)nc12. The molecule has 3 aromatic heterocycles. The molecule has 0 radical (unpaired) electrons. The number of hydrogen-bond donors (Lipinski definition) is 2. The maximum atomic E-state index is 10.8. The van der Waals surface area contributed by atoms with Crippen LogP contribution in [0.25, 0.3) is 33.2 Å². The van der Waals surface area contributed by atoms with Crippen molar-refractivity contribution in [3.8, 4) is 17.0 Å². The Labute approximate surface area is 187 Å². The van der Waals surface area contributed by atoms with Crippen molar-refractivity contribution in [2.45, 2.75) is 32.2 Å². The lowest BCUT2D eigenvalue weighted by molar-refractivity contribution is 0.474. The molecule has 32 heavy (non-hydrogen) atoms. The van der Waals surface area contributed by atoms with Gasteiger partial charge in [-0.3, -0.25) is 4.68 Å². The summed E-state index contributed by atoms with van der Waals surface area (Å²) >= 11 is 0. The second-order valence-corrected chi connectivity index (χ2v) is 9.33. The summed E-state index contributed by atoms with van der Waals surface area (Å²) in [5, 5.41) is 20.0. The molecule has 1 unspecified atom stereocenters. The van der Waals surface area contributed by atoms with Crippen molar-refractivity contribution in [2.24, 2.45) is 13.0 Å². The van der Waals surface area contributed by atoms with Crippen LogP contribution in [-0.4, -0.2) is 50.5 Å². The fraction of sp³-hybridized carbons (Fsp3) is 0.400. The van der Waals surface area contributed by atoms with Gasteiger partial charge in [-0.2, -0.15) is 5.10 Å². The van der Waals surface area contributed by atoms with Gasteiger partial charge in [0, 0.05) is 48.9 Å². The third kappa shape index (κ3) is 3.46. The van der Waals surface area contributed by atoms with E-state index in [2.05, 4.69) is 21.4 Å². The van der Waals surface area contributed by atoms with Crippen LogP contribution in [0.5, 0.6) is 5.75 Å². The molecule has 1 saturated heterocycles. The lowest BCUT2D eigenvalue weighted by Crippen LogP contribution is -2.34. The van der Waals surface area contributed by atoms with Gasteiger partial charge in [-0.25, -0.2) is 9.97 Å². The highest BCUT2D eigenvalue weighted by Gasteiger charge is 2.27. The summed E-state index contributed by atoms with van der Waals surface area (Å²) in [6, 6.07) is 10.6. The Hall–Kier alpha value is -3.19. The monoisotopic (exact) mass is 428 g/mol. The van der Waals surface area contributed by atoms with E-state index in [0.717, 1.165) is 70.1 Å². The van der Waals surface area contributed by atoms with E-state index in [0.29, 0.717) is 6.04 Å². The average molecular weight is 429 g/mol. The molecule has 2 fully saturated rings. The molecule has 1 aliphatic heterocycles. The van der Waals surface area contributed by atoms with Crippen molar-refractivity contribution < 1.29 is 5.11 Å². The predicted molar refractivity (Wildman–Crippen MR) is 127 cm³/mol. The van der Waals surface area contributed by atoms with Gasteiger partial charge in [-0.15, -0.1) is 0 Å². The summed E-state index contributed by atoms with van der Waals surface area (Å²) in [7, 11) is 1.89. The molecule has 6 rings (SSSR count). The summed E-state index contributed by atoms with van der Waals surface area (Å²) in [6.07, 6.45) is 5.90. The van der Waals surface area contributed by atoms with Crippen molar-refractivity contribution in [1.29, 1.82) is 0 Å². The summed E-state index contributed by atoms with van der Waals surface area (Å²) in [5.41, 5.74) is 4.75. The molecular weight excluding hydrogens is 400 g/mol. The molecule has 164 valence electrons. The molecule has 0 spiro atoms. The van der Waals surface area contributed by atoms with Crippen LogP contribution in [0, 0.1) is 12.8 Å². The molecule has 1 aromatic carbocycles. The average Bonchev–Trinajstić information content (AvgIpc) is 3.37. The Bertz CT molecular complexity index is 1330. The van der Waals surface area contributed by atoms with Crippen LogP contribution in [0.2, 0.25) is 0 Å². The molecule has 0 amide bonds. The molecule has 4 aromatic rings. The van der Waals surface area contributed by atoms with Gasteiger partial charge < -0.3 is 15.3 Å². The second-order valence-electron chi connectivity index (χ2n) is 9.33. The number of nitrogens with one attached hydrogen (secondary N) is 1. The van der Waals surface area contributed by atoms with Crippen molar-refractivity contribution >= 4 is 27.8 Å². The van der Waals surface area contributed by atoms with Crippen molar-refractivity contribution in [3.63, 3.8) is 0 Å². The lowest BCUT2D eigenvalue weighted by atomic mass is 10.0. The van der Waals surface area contributed by atoms with Crippen LogP contribution < -0.4 is 10.2 Å². The normalized spacial score (nSPS) is 18.8. The van der Waals surface area contributed by atoms with Crippen molar-refractivity contribution in [3.05, 3.63) is 42.1 Å². The highest BCUT2D eigenvalue weighted by Crippen LogP contribution is 2.36. The van der Waals surface area contributed by atoms with Crippen LogP contribution >= 0.6 is 0 Å². The molecule has 0 bridgehead atoms. The summed E-state index contributed by atoms with van der Waals surface area (Å²) in [4.78, 5) is 12.1. The minimum Gasteiger partial charge on any atom is -0.507 e. The van der Waals surface area contributed by atoms with E-state index in [-0.39, 0.29) is 5.75 Å². The molecule has 2 N–H and O–H groups in total. The Morgan fingerprint density at radius 1 is 1.09 bits per heavy atom. The number of nitrogens with zero attached hydrogens (tertiary/aromatic N) is 5. The highest BCUT2D eigenvalue weighted by atomic mass is 16.3. The van der Waals surface area contributed by atoms with Crippen LogP contribution in [0.1, 0.15) is 24.8 Å². The number of anilines is 1. The maximum absolute atomic E-state index is 10.8. The summed E-state index contributed by atoms with van der Waals surface area (Å²) in [6.45, 7) is 5.10. The quantitative estimate of drug-likeness (QED) is 0.504. The first-order valence-electron chi connectivity index (χ1n) is 11.5. The van der Waals surface area contributed by atoms with Crippen molar-refractivity contribution in [2.75, 3.05) is 24.5 Å². The standard InChI is InChI=1S/C25H28N6O/c1-15-24-17(13-30(2)29-24)11-19(25(15)32)20-5-6-22-21(27-20)7-8-23(28-22)31-10-9-18(14-31)26-12-16-3-4-16/h5-8,11,13,16,18,26,32H,3-4,9-10,12,14H2,1-2H3. The largest absolute Gasteiger partial charge is 0.507 e. The van der Waals surface area contributed by atoms with Gasteiger partial charge in [-0.1, -0.05) is 0 Å². The van der Waals surface area contributed by atoms with E-state index >= 15 is 0 Å². The number of rotatable bonds is 5. The zero-order valence-electron chi connectivity index (χ0n) is 18.5. The fourth-order valence-electron chi connectivity index (χ4n) is 4.75. The van der Waals surface area contributed by atoms with Crippen LogP contribution in [-0.2, 0) is 7.05 Å². The molecule has 7 heteroatoms. The van der Waals surface area contributed by atoms with Gasteiger partial charge in [0.25, 0.3) is 0 Å². The number of aromatic nitrogens is 4. The topological polar surface area (TPSA) is 79.1 Å². The number of aromatic hydroxyl groups is 1. The second kappa shape index (κ2) is 7.45. The summed E-state index contributed by atoms with van der Waals surface area (Å²) < 4.78 is 1.77. The molecule has 2 aliphatic rings. The smallest absolute Gasteiger partial charge is 0.130 e. The van der Waals surface area contributed by atoms with E-state index in [1.807, 2.05) is 44.4 Å². The molecule has 7 nitrogen and oxygen atoms in total. The van der Waals surface area contributed by atoms with Gasteiger partial charge >= 0.3 is 0 Å². The minimum absolute atomic E-state index is 0.231. The van der Waals surface area contributed by atoms with Crippen LogP contribution in [0.4, 0.5) is 5.82 Å². The van der Waals surface area contributed by atoms with Crippen molar-refractivity contribution in [1.82, 2.24) is 25.1 Å². The number of fused-ring (bicyclic) bond motifs is 2. The van der Waals surface area contributed by atoms with E-state index in [1.54, 1.807) is 4.68 Å². The molecule has 1 aliphatic carbocycles. The van der Waals surface area contributed by atoms with E-state index in [1.165, 1.54) is 19.3 Å². The first kappa shape index (κ1) is 19.5. The van der Waals surface area contributed by atoms with Crippen LogP contribution in [0.15, 0.2) is 36.5 Å². The number of benzene rings is 1. The Kier molecular flexibility index (Phi) is 4.54. The number of phenolic OH excluding ortho intramolecular Hbond substituents is 1. The minimum atomic E-state index is 0.231. The number of phenols is 1. The maximum Gasteiger partial charge on any atom is 0.130 e. The van der Waals surface area contributed by atoms with Gasteiger partial charge in [-0.05, 0) is 69.0 Å². The van der Waals surface area contributed by atoms with E-state index < -0.39 is 0 Å².